The van der Waals surface area contributed by atoms with E-state index in [0.717, 1.165) is 6.92 Å². The van der Waals surface area contributed by atoms with Crippen molar-refractivity contribution < 1.29 is 35.1 Å². The zero-order chi connectivity index (χ0) is 14.5. The molecule has 0 radical (unpaired) electrons. The number of carbonyl (C=O) groups excluding carboxylic acids is 2. The van der Waals surface area contributed by atoms with Gasteiger partial charge in [-0.1, -0.05) is 0 Å². The Labute approximate surface area is 104 Å². The smallest absolute Gasteiger partial charge is 0.260 e. The molecular weight excluding hydrogens is 246 g/mol. The lowest BCUT2D eigenvalue weighted by Gasteiger charge is -2.32. The standard InChI is InChI=1S/C10H19NO7/c1-5(13)7(15)8(16)10(18,9(11)17)6(14)3-2-4-12/h5,7-8,12-13,15-16,18H,2-4H2,1H3,(H2,11,17)/t5-,7+,8+,10-/m0/s1. The number of amides is 1. The number of aliphatic hydroxyl groups is 5. The number of ketones is 1. The van der Waals surface area contributed by atoms with E-state index in [4.69, 9.17) is 15.9 Å². The van der Waals surface area contributed by atoms with Gasteiger partial charge >= 0.3 is 0 Å². The molecule has 0 aromatic carbocycles. The summed E-state index contributed by atoms with van der Waals surface area (Å²) >= 11 is 0. The molecule has 4 atom stereocenters. The van der Waals surface area contributed by atoms with E-state index in [2.05, 4.69) is 0 Å². The zero-order valence-electron chi connectivity index (χ0n) is 9.98. The molecule has 0 aliphatic carbocycles. The summed E-state index contributed by atoms with van der Waals surface area (Å²) in [4.78, 5) is 22.7. The van der Waals surface area contributed by atoms with Crippen molar-refractivity contribution in [3.63, 3.8) is 0 Å². The van der Waals surface area contributed by atoms with E-state index in [0.29, 0.717) is 0 Å². The second kappa shape index (κ2) is 6.76. The minimum Gasteiger partial charge on any atom is -0.396 e. The van der Waals surface area contributed by atoms with Crippen molar-refractivity contribution in [3.05, 3.63) is 0 Å². The number of Topliss-reactive ketones (excluding diaryl/α,β-unsaturated/α-hetero) is 1. The molecule has 0 saturated heterocycles. The predicted molar refractivity (Wildman–Crippen MR) is 59.2 cm³/mol. The fraction of sp³-hybridized carbons (Fsp3) is 0.800. The highest BCUT2D eigenvalue weighted by molar-refractivity contribution is 6.09. The maximum atomic E-state index is 11.6. The number of nitrogens with two attached hydrogens (primary N) is 1. The lowest BCUT2D eigenvalue weighted by atomic mass is 9.84. The van der Waals surface area contributed by atoms with E-state index < -0.39 is 42.0 Å². The van der Waals surface area contributed by atoms with E-state index >= 15 is 0 Å². The molecule has 0 fully saturated rings. The second-order valence-corrected chi connectivity index (χ2v) is 4.06. The monoisotopic (exact) mass is 265 g/mol. The molecule has 0 aromatic heterocycles. The Morgan fingerprint density at radius 1 is 1.28 bits per heavy atom. The highest BCUT2D eigenvalue weighted by atomic mass is 16.4. The van der Waals surface area contributed by atoms with Crippen LogP contribution in [0.15, 0.2) is 0 Å². The molecule has 7 N–H and O–H groups in total. The van der Waals surface area contributed by atoms with Gasteiger partial charge in [-0.2, -0.15) is 0 Å². The molecule has 8 heteroatoms. The first-order valence-electron chi connectivity index (χ1n) is 5.40. The molecule has 8 nitrogen and oxygen atoms in total. The van der Waals surface area contributed by atoms with Crippen LogP contribution in [0.1, 0.15) is 19.8 Å². The van der Waals surface area contributed by atoms with Gasteiger partial charge in [0.2, 0.25) is 5.60 Å². The van der Waals surface area contributed by atoms with Gasteiger partial charge in [-0.15, -0.1) is 0 Å². The predicted octanol–water partition coefficient (Wildman–Crippen LogP) is -3.35. The van der Waals surface area contributed by atoms with Crippen molar-refractivity contribution in [2.24, 2.45) is 5.73 Å². The van der Waals surface area contributed by atoms with E-state index in [-0.39, 0.29) is 13.0 Å². The van der Waals surface area contributed by atoms with E-state index in [1.54, 1.807) is 0 Å². The van der Waals surface area contributed by atoms with Crippen molar-refractivity contribution in [3.8, 4) is 0 Å². The van der Waals surface area contributed by atoms with Crippen LogP contribution in [0.25, 0.3) is 0 Å². The number of hydrogen-bond donors (Lipinski definition) is 6. The first kappa shape index (κ1) is 16.9. The van der Waals surface area contributed by atoms with Gasteiger partial charge in [0.1, 0.15) is 12.2 Å². The molecule has 0 bridgehead atoms. The third kappa shape index (κ3) is 3.47. The van der Waals surface area contributed by atoms with Crippen LogP contribution in [0.3, 0.4) is 0 Å². The van der Waals surface area contributed by atoms with Gasteiger partial charge in [-0.3, -0.25) is 9.59 Å². The number of primary amides is 1. The Bertz CT molecular complexity index is 307. The fourth-order valence-electron chi connectivity index (χ4n) is 1.39. The Balaban J connectivity index is 5.14. The minimum absolute atomic E-state index is 0.0358. The highest BCUT2D eigenvalue weighted by Gasteiger charge is 2.51. The van der Waals surface area contributed by atoms with Crippen molar-refractivity contribution in [1.29, 1.82) is 0 Å². The molecule has 1 amide bonds. The normalized spacial score (nSPS) is 19.7. The van der Waals surface area contributed by atoms with Crippen LogP contribution in [0.5, 0.6) is 0 Å². The maximum Gasteiger partial charge on any atom is 0.260 e. The summed E-state index contributed by atoms with van der Waals surface area (Å²) in [7, 11) is 0. The van der Waals surface area contributed by atoms with Gasteiger partial charge in [0.05, 0.1) is 6.10 Å². The third-order valence-electron chi connectivity index (χ3n) is 2.61. The summed E-state index contributed by atoms with van der Waals surface area (Å²) in [6, 6.07) is 0. The van der Waals surface area contributed by atoms with Crippen LogP contribution >= 0.6 is 0 Å². The van der Waals surface area contributed by atoms with Crippen LogP contribution in [-0.2, 0) is 9.59 Å². The molecule has 0 rings (SSSR count). The summed E-state index contributed by atoms with van der Waals surface area (Å²) in [5.41, 5.74) is 1.86. The first-order valence-corrected chi connectivity index (χ1v) is 5.40. The molecule has 0 unspecified atom stereocenters. The third-order valence-corrected chi connectivity index (χ3v) is 2.61. The zero-order valence-corrected chi connectivity index (χ0v) is 9.98. The first-order chi connectivity index (χ1) is 8.19. The van der Waals surface area contributed by atoms with Gasteiger partial charge in [0.15, 0.2) is 5.78 Å². The van der Waals surface area contributed by atoms with Crippen molar-refractivity contribution in [1.82, 2.24) is 0 Å². The van der Waals surface area contributed by atoms with E-state index in [1.807, 2.05) is 0 Å². The SMILES string of the molecule is C[C@H](O)[C@@H](O)[C@@H](O)[C@](O)(C(N)=O)C(=O)CCCO. The highest BCUT2D eigenvalue weighted by Crippen LogP contribution is 2.19. The topological polar surface area (TPSA) is 161 Å². The Morgan fingerprint density at radius 2 is 1.78 bits per heavy atom. The Hall–Kier alpha value is -1.06. The summed E-state index contributed by atoms with van der Waals surface area (Å²) in [5.74, 6) is -2.66. The molecular formula is C10H19NO7. The van der Waals surface area contributed by atoms with Gasteiger partial charge in [0, 0.05) is 13.0 Å². The molecule has 0 aliphatic rings. The summed E-state index contributed by atoms with van der Waals surface area (Å²) < 4.78 is 0. The maximum absolute atomic E-state index is 11.6. The molecule has 0 aromatic rings. The van der Waals surface area contributed by atoms with Crippen LogP contribution < -0.4 is 5.73 Å². The fourth-order valence-corrected chi connectivity index (χ4v) is 1.39. The number of hydrogen-bond acceptors (Lipinski definition) is 7. The largest absolute Gasteiger partial charge is 0.396 e. The average molecular weight is 265 g/mol. The van der Waals surface area contributed by atoms with E-state index in [1.165, 1.54) is 0 Å². The van der Waals surface area contributed by atoms with Crippen molar-refractivity contribution >= 4 is 11.7 Å². The molecule has 0 spiro atoms. The molecule has 0 heterocycles. The van der Waals surface area contributed by atoms with Crippen molar-refractivity contribution in [2.75, 3.05) is 6.61 Å². The van der Waals surface area contributed by atoms with Gasteiger partial charge in [-0.05, 0) is 13.3 Å². The van der Waals surface area contributed by atoms with Crippen LogP contribution in [0, 0.1) is 0 Å². The number of carbonyl (C=O) groups is 2. The van der Waals surface area contributed by atoms with Gasteiger partial charge in [0.25, 0.3) is 5.91 Å². The minimum atomic E-state index is -2.99. The summed E-state index contributed by atoms with van der Waals surface area (Å²) in [6.07, 6.45) is -6.08. The summed E-state index contributed by atoms with van der Waals surface area (Å²) in [5, 5.41) is 46.5. The Morgan fingerprint density at radius 3 is 2.11 bits per heavy atom. The van der Waals surface area contributed by atoms with Crippen LogP contribution in [0.4, 0.5) is 0 Å². The lowest BCUT2D eigenvalue weighted by Crippen LogP contribution is -2.63. The average Bonchev–Trinajstić information content (AvgIpc) is 2.32. The lowest BCUT2D eigenvalue weighted by molar-refractivity contribution is -0.178. The Kier molecular flexibility index (Phi) is 6.36. The molecule has 18 heavy (non-hydrogen) atoms. The second-order valence-electron chi connectivity index (χ2n) is 4.06. The van der Waals surface area contributed by atoms with Crippen LogP contribution in [-0.4, -0.2) is 67.7 Å². The van der Waals surface area contributed by atoms with Gasteiger partial charge in [-0.25, -0.2) is 0 Å². The van der Waals surface area contributed by atoms with E-state index in [9.17, 15) is 24.9 Å². The van der Waals surface area contributed by atoms with Gasteiger partial charge < -0.3 is 31.3 Å². The molecule has 106 valence electrons. The van der Waals surface area contributed by atoms with Crippen LogP contribution in [0.2, 0.25) is 0 Å². The summed E-state index contributed by atoms with van der Waals surface area (Å²) in [6.45, 7) is 0.753. The van der Waals surface area contributed by atoms with Crippen molar-refractivity contribution in [2.45, 2.75) is 43.7 Å². The number of rotatable bonds is 8. The molecule has 0 saturated carbocycles. The number of aliphatic hydroxyl groups excluding tert-OH is 4. The quantitative estimate of drug-likeness (QED) is 0.250. The molecule has 0 aliphatic heterocycles.